The lowest BCUT2D eigenvalue weighted by molar-refractivity contribution is -0.111. The van der Waals surface area contributed by atoms with Crippen LogP contribution in [0.25, 0.3) is 11.0 Å². The average Bonchev–Trinajstić information content (AvgIpc) is 3.49. The van der Waals surface area contributed by atoms with Gasteiger partial charge in [-0.05, 0) is 67.4 Å². The van der Waals surface area contributed by atoms with Gasteiger partial charge in [0.15, 0.2) is 0 Å². The minimum Gasteiger partial charge on any atom is -0.497 e. The number of benzene rings is 1. The van der Waals surface area contributed by atoms with Gasteiger partial charge in [-0.2, -0.15) is 0 Å². The highest BCUT2D eigenvalue weighted by molar-refractivity contribution is 5.75. The molecule has 2 fully saturated rings. The number of unbranched alkanes of at least 4 members (excludes halogenated alkanes) is 2. The normalized spacial score (nSPS) is 24.0. The van der Waals surface area contributed by atoms with E-state index < -0.39 is 12.1 Å². The molecule has 2 aliphatic carbocycles. The topological polar surface area (TPSA) is 110 Å². The molecule has 35 heavy (non-hydrogen) atoms. The first kappa shape index (κ1) is 25.2. The first-order valence-electron chi connectivity index (χ1n) is 12.7. The molecule has 2 saturated carbocycles. The van der Waals surface area contributed by atoms with Gasteiger partial charge in [0, 0.05) is 6.07 Å². The number of aromatic nitrogens is 2. The molecular weight excluding hydrogens is 446 g/mol. The van der Waals surface area contributed by atoms with E-state index in [2.05, 4.69) is 15.3 Å². The van der Waals surface area contributed by atoms with Crippen LogP contribution < -0.4 is 15.6 Å². The van der Waals surface area contributed by atoms with Crippen molar-refractivity contribution in [3.63, 3.8) is 0 Å². The Labute approximate surface area is 206 Å². The Kier molecular flexibility index (Phi) is 7.47. The van der Waals surface area contributed by atoms with Gasteiger partial charge in [-0.3, -0.25) is 4.79 Å². The lowest BCUT2D eigenvalue weighted by Gasteiger charge is -2.28. The average molecular weight is 484 g/mol. The number of alkyl carbamates (subject to hydrolysis) is 1. The molecule has 0 bridgehead atoms. The fourth-order valence-electron chi connectivity index (χ4n) is 5.35. The number of methoxy groups -OCH3 is 1. The third-order valence-corrected chi connectivity index (χ3v) is 7.56. The molecule has 0 spiro atoms. The summed E-state index contributed by atoms with van der Waals surface area (Å²) in [7, 11) is 1.59. The minimum atomic E-state index is -0.571. The van der Waals surface area contributed by atoms with E-state index in [-0.39, 0.29) is 17.1 Å². The van der Waals surface area contributed by atoms with Gasteiger partial charge in [0.25, 0.3) is 5.56 Å². The second-order valence-electron chi connectivity index (χ2n) is 11.1. The lowest BCUT2D eigenvalue weighted by atomic mass is 9.88. The highest BCUT2D eigenvalue weighted by Gasteiger charge is 2.54. The number of rotatable bonds is 10. The Morgan fingerprint density at radius 3 is 2.77 bits per heavy atom. The van der Waals surface area contributed by atoms with Crippen LogP contribution in [0.5, 0.6) is 5.75 Å². The Morgan fingerprint density at radius 1 is 1.26 bits per heavy atom. The van der Waals surface area contributed by atoms with Gasteiger partial charge in [0.2, 0.25) is 0 Å². The van der Waals surface area contributed by atoms with E-state index in [0.29, 0.717) is 41.1 Å². The van der Waals surface area contributed by atoms with Gasteiger partial charge in [-0.1, -0.05) is 33.6 Å². The van der Waals surface area contributed by atoms with Crippen LogP contribution in [0.4, 0.5) is 4.79 Å². The smallest absolute Gasteiger partial charge is 0.408 e. The summed E-state index contributed by atoms with van der Waals surface area (Å²) in [5.41, 5.74) is 1.49. The predicted molar refractivity (Wildman–Crippen MR) is 134 cm³/mol. The Hall–Kier alpha value is -2.90. The monoisotopic (exact) mass is 483 g/mol. The molecule has 2 aromatic rings. The molecule has 8 nitrogen and oxygen atoms in total. The van der Waals surface area contributed by atoms with Gasteiger partial charge in [-0.25, -0.2) is 9.78 Å². The fraction of sp³-hybridized carbons (Fsp3) is 0.630. The number of hydrogen-bond acceptors (Lipinski definition) is 6. The molecule has 8 heteroatoms. The number of carbonyl (C=O) groups is 2. The zero-order valence-corrected chi connectivity index (χ0v) is 21.1. The van der Waals surface area contributed by atoms with Crippen molar-refractivity contribution in [1.82, 2.24) is 15.3 Å². The molecule has 1 aromatic carbocycles. The third kappa shape index (κ3) is 6.03. The van der Waals surface area contributed by atoms with Gasteiger partial charge in [0.05, 0.1) is 24.2 Å². The van der Waals surface area contributed by atoms with E-state index in [0.717, 1.165) is 43.9 Å². The fourth-order valence-corrected chi connectivity index (χ4v) is 5.35. The molecule has 2 aliphatic rings. The second-order valence-corrected chi connectivity index (χ2v) is 11.1. The minimum absolute atomic E-state index is 0.0759. The van der Waals surface area contributed by atoms with E-state index in [4.69, 9.17) is 9.47 Å². The number of hydrogen-bond donors (Lipinski definition) is 2. The quantitative estimate of drug-likeness (QED) is 0.383. The van der Waals surface area contributed by atoms with Crippen LogP contribution in [0.15, 0.2) is 23.0 Å². The number of amides is 1. The number of nitrogens with one attached hydrogen (secondary N) is 2. The SMILES string of the molecule is COc1ccc2nc(CCCCCC3C4CC4C[C@H]3OC(=O)N[C@H](C=O)C(C)(C)C)c(=O)[nH]c2c1. The predicted octanol–water partition coefficient (Wildman–Crippen LogP) is 4.40. The number of fused-ring (bicyclic) bond motifs is 2. The molecule has 1 aromatic heterocycles. The number of carbonyl (C=O) groups excluding carboxylic acids is 2. The second kappa shape index (κ2) is 10.4. The van der Waals surface area contributed by atoms with Crippen LogP contribution in [0.3, 0.4) is 0 Å². The van der Waals surface area contributed by atoms with Crippen molar-refractivity contribution in [1.29, 1.82) is 0 Å². The summed E-state index contributed by atoms with van der Waals surface area (Å²) in [6.07, 6.45) is 6.90. The molecule has 2 N–H and O–H groups in total. The van der Waals surface area contributed by atoms with E-state index in [1.807, 2.05) is 32.9 Å². The standard InChI is InChI=1S/C27H37N3O5/c1-27(2,3)24(15-31)30-26(33)35-23-13-16-12-19(16)18(23)8-6-5-7-9-21-25(32)29-22-14-17(34-4)10-11-20(22)28-21/h10-11,14-16,18-19,23-24H,5-9,12-13H2,1-4H3,(H,29,32)(H,30,33)/t16?,18?,19?,23-,24-/m1/s1. The molecular formula is C27H37N3O5. The summed E-state index contributed by atoms with van der Waals surface area (Å²) in [5.74, 6) is 2.39. The van der Waals surface area contributed by atoms with Crippen LogP contribution in [0.1, 0.15) is 65.0 Å². The molecule has 190 valence electrons. The molecule has 1 heterocycles. The number of aldehydes is 1. The molecule has 5 atom stereocenters. The lowest BCUT2D eigenvalue weighted by Crippen LogP contribution is -2.46. The van der Waals surface area contributed by atoms with Gasteiger partial charge < -0.3 is 24.6 Å². The third-order valence-electron chi connectivity index (χ3n) is 7.56. The van der Waals surface area contributed by atoms with Gasteiger partial charge >= 0.3 is 6.09 Å². The van der Waals surface area contributed by atoms with Gasteiger partial charge in [-0.15, -0.1) is 0 Å². The number of H-pyrrole nitrogens is 1. The van der Waals surface area contributed by atoms with E-state index in [1.165, 1.54) is 6.42 Å². The van der Waals surface area contributed by atoms with Crippen LogP contribution in [0, 0.1) is 23.2 Å². The van der Waals surface area contributed by atoms with Crippen molar-refractivity contribution in [2.75, 3.05) is 7.11 Å². The maximum atomic E-state index is 12.4. The number of aromatic amines is 1. The van der Waals surface area contributed by atoms with Crippen molar-refractivity contribution in [2.45, 2.75) is 77.9 Å². The number of aryl methyl sites for hydroxylation is 1. The first-order chi connectivity index (χ1) is 16.7. The van der Waals surface area contributed by atoms with E-state index >= 15 is 0 Å². The molecule has 0 saturated heterocycles. The maximum Gasteiger partial charge on any atom is 0.408 e. The summed E-state index contributed by atoms with van der Waals surface area (Å²) in [5, 5.41) is 2.73. The Bertz CT molecular complexity index is 1120. The van der Waals surface area contributed by atoms with Crippen molar-refractivity contribution in [2.24, 2.45) is 23.2 Å². The number of ether oxygens (including phenoxy) is 2. The highest BCUT2D eigenvalue weighted by Crippen LogP contribution is 2.57. The first-order valence-corrected chi connectivity index (χ1v) is 12.7. The molecule has 0 aliphatic heterocycles. The summed E-state index contributed by atoms with van der Waals surface area (Å²) in [6.45, 7) is 5.75. The van der Waals surface area contributed by atoms with Crippen molar-refractivity contribution < 1.29 is 19.1 Å². The largest absolute Gasteiger partial charge is 0.497 e. The van der Waals surface area contributed by atoms with Crippen molar-refractivity contribution >= 4 is 23.4 Å². The van der Waals surface area contributed by atoms with E-state index in [1.54, 1.807) is 13.2 Å². The Morgan fingerprint density at radius 2 is 2.06 bits per heavy atom. The van der Waals surface area contributed by atoms with Crippen LogP contribution >= 0.6 is 0 Å². The zero-order chi connectivity index (χ0) is 25.2. The summed E-state index contributed by atoms with van der Waals surface area (Å²) in [4.78, 5) is 43.7. The maximum absolute atomic E-state index is 12.4. The molecule has 1 amide bonds. The Balaban J connectivity index is 1.24. The molecule has 0 radical (unpaired) electrons. The number of nitrogens with zero attached hydrogens (tertiary/aromatic N) is 1. The summed E-state index contributed by atoms with van der Waals surface area (Å²) < 4.78 is 11.0. The van der Waals surface area contributed by atoms with Crippen LogP contribution in [-0.4, -0.2) is 41.6 Å². The highest BCUT2D eigenvalue weighted by atomic mass is 16.6. The van der Waals surface area contributed by atoms with Crippen LogP contribution in [0.2, 0.25) is 0 Å². The summed E-state index contributed by atoms with van der Waals surface area (Å²) >= 11 is 0. The molecule has 4 rings (SSSR count). The summed E-state index contributed by atoms with van der Waals surface area (Å²) in [6, 6.07) is 4.90. The van der Waals surface area contributed by atoms with Gasteiger partial charge in [0.1, 0.15) is 23.8 Å². The zero-order valence-electron chi connectivity index (χ0n) is 21.1. The van der Waals surface area contributed by atoms with Crippen LogP contribution in [-0.2, 0) is 16.0 Å². The van der Waals surface area contributed by atoms with Crippen molar-refractivity contribution in [3.05, 3.63) is 34.2 Å². The van der Waals surface area contributed by atoms with E-state index in [9.17, 15) is 14.4 Å². The van der Waals surface area contributed by atoms with Crippen molar-refractivity contribution in [3.8, 4) is 5.75 Å². The molecule has 3 unspecified atom stereocenters.